The number of fused-ring (bicyclic) bond motifs is 1. The Balaban J connectivity index is 1.70. The highest BCUT2D eigenvalue weighted by Gasteiger charge is 2.20. The lowest BCUT2D eigenvalue weighted by molar-refractivity contribution is 0.357. The van der Waals surface area contributed by atoms with Gasteiger partial charge in [0.05, 0.1) is 16.9 Å². The number of benzene rings is 1. The third kappa shape index (κ3) is 5.11. The van der Waals surface area contributed by atoms with Crippen LogP contribution in [0.15, 0.2) is 23.0 Å². The number of hydrogen-bond donors (Lipinski definition) is 3. The molecule has 1 aliphatic rings. The summed E-state index contributed by atoms with van der Waals surface area (Å²) in [6.45, 7) is 5.50. The summed E-state index contributed by atoms with van der Waals surface area (Å²) in [4.78, 5) is 18.1. The number of aryl methyl sites for hydroxylation is 1. The molecule has 0 aliphatic carbocycles. The zero-order valence-corrected chi connectivity index (χ0v) is 17.2. The van der Waals surface area contributed by atoms with Crippen LogP contribution in [0.2, 0.25) is 0 Å². The summed E-state index contributed by atoms with van der Waals surface area (Å²) in [7, 11) is 0. The van der Waals surface area contributed by atoms with E-state index in [0.29, 0.717) is 0 Å². The Morgan fingerprint density at radius 2 is 2.00 bits per heavy atom. The molecule has 0 saturated carbocycles. The van der Waals surface area contributed by atoms with Crippen LogP contribution in [0.1, 0.15) is 63.2 Å². The fraction of sp³-hybridized carbons (Fsp3) is 0.636. The van der Waals surface area contributed by atoms with Crippen molar-refractivity contribution >= 4 is 16.6 Å². The van der Waals surface area contributed by atoms with Gasteiger partial charge in [-0.2, -0.15) is 0 Å². The molecule has 1 aromatic carbocycles. The molecule has 2 heterocycles. The number of nitrogens with one attached hydrogen (secondary N) is 2. The van der Waals surface area contributed by atoms with Gasteiger partial charge in [-0.1, -0.05) is 31.7 Å². The lowest BCUT2D eigenvalue weighted by Crippen LogP contribution is -2.38. The molecule has 2 aromatic rings. The minimum Gasteiger partial charge on any atom is -0.384 e. The van der Waals surface area contributed by atoms with Gasteiger partial charge >= 0.3 is 0 Å². The molecule has 4 N–H and O–H groups in total. The molecule has 6 heteroatoms. The molecule has 28 heavy (non-hydrogen) atoms. The monoisotopic (exact) mass is 385 g/mol. The lowest BCUT2D eigenvalue weighted by Gasteiger charge is -2.26. The van der Waals surface area contributed by atoms with E-state index in [1.165, 1.54) is 25.7 Å². The number of nitrogens with two attached hydrogens (primary N) is 1. The molecular formula is C22H35N5O. The largest absolute Gasteiger partial charge is 0.384 e. The predicted molar refractivity (Wildman–Crippen MR) is 117 cm³/mol. The first-order valence-corrected chi connectivity index (χ1v) is 10.9. The number of rotatable bonds is 10. The topological polar surface area (TPSA) is 85.0 Å². The van der Waals surface area contributed by atoms with Crippen molar-refractivity contribution in [2.75, 3.05) is 31.5 Å². The second-order valence-electron chi connectivity index (χ2n) is 7.87. The number of hydrogen-bond acceptors (Lipinski definition) is 5. The summed E-state index contributed by atoms with van der Waals surface area (Å²) >= 11 is 0. The summed E-state index contributed by atoms with van der Waals surface area (Å²) in [5.74, 6) is 0.806. The van der Waals surface area contributed by atoms with Crippen molar-refractivity contribution in [3.63, 3.8) is 0 Å². The van der Waals surface area contributed by atoms with Crippen molar-refractivity contribution in [1.82, 2.24) is 14.9 Å². The van der Waals surface area contributed by atoms with E-state index < -0.39 is 0 Å². The molecule has 1 aliphatic heterocycles. The van der Waals surface area contributed by atoms with Crippen molar-refractivity contribution in [2.24, 2.45) is 5.73 Å². The highest BCUT2D eigenvalue weighted by molar-refractivity contribution is 5.90. The Bertz CT molecular complexity index is 810. The Morgan fingerprint density at radius 3 is 2.75 bits per heavy atom. The van der Waals surface area contributed by atoms with E-state index in [-0.39, 0.29) is 11.6 Å². The Labute approximate surface area is 167 Å². The fourth-order valence-corrected chi connectivity index (χ4v) is 4.18. The van der Waals surface area contributed by atoms with Crippen molar-refractivity contribution in [3.8, 4) is 0 Å². The number of nitrogens with zero attached hydrogens (tertiary/aromatic N) is 2. The molecule has 1 unspecified atom stereocenters. The van der Waals surface area contributed by atoms with E-state index in [4.69, 9.17) is 10.7 Å². The van der Waals surface area contributed by atoms with Crippen LogP contribution in [0.4, 0.5) is 5.69 Å². The van der Waals surface area contributed by atoms with Gasteiger partial charge < -0.3 is 16.4 Å². The maximum absolute atomic E-state index is 13.3. The molecule has 0 amide bonds. The quantitative estimate of drug-likeness (QED) is 0.546. The summed E-state index contributed by atoms with van der Waals surface area (Å²) in [5, 5.41) is 7.62. The molecular weight excluding hydrogens is 350 g/mol. The lowest BCUT2D eigenvalue weighted by atomic mass is 10.1. The van der Waals surface area contributed by atoms with Crippen LogP contribution in [0.5, 0.6) is 0 Å². The minimum absolute atomic E-state index is 0.0843. The van der Waals surface area contributed by atoms with Crippen LogP contribution in [0, 0.1) is 6.92 Å². The normalized spacial score (nSPS) is 17.1. The van der Waals surface area contributed by atoms with Crippen LogP contribution in [0.3, 0.4) is 0 Å². The van der Waals surface area contributed by atoms with Gasteiger partial charge in [-0.25, -0.2) is 4.98 Å². The maximum Gasteiger partial charge on any atom is 0.263 e. The Hall–Kier alpha value is -1.92. The molecule has 6 nitrogen and oxygen atoms in total. The van der Waals surface area contributed by atoms with Gasteiger partial charge in [0.1, 0.15) is 5.82 Å². The first kappa shape index (κ1) is 20.8. The second-order valence-corrected chi connectivity index (χ2v) is 7.87. The highest BCUT2D eigenvalue weighted by Crippen LogP contribution is 2.22. The second kappa shape index (κ2) is 10.6. The van der Waals surface area contributed by atoms with Crippen molar-refractivity contribution < 1.29 is 0 Å². The van der Waals surface area contributed by atoms with Crippen LogP contribution < -0.4 is 21.9 Å². The maximum atomic E-state index is 13.3. The predicted octanol–water partition coefficient (Wildman–Crippen LogP) is 3.34. The van der Waals surface area contributed by atoms with Crippen LogP contribution in [-0.2, 0) is 0 Å². The first-order chi connectivity index (χ1) is 13.7. The molecule has 0 spiro atoms. The van der Waals surface area contributed by atoms with Crippen molar-refractivity contribution in [1.29, 1.82) is 0 Å². The molecule has 0 bridgehead atoms. The van der Waals surface area contributed by atoms with E-state index in [2.05, 4.69) is 10.6 Å². The molecule has 154 valence electrons. The highest BCUT2D eigenvalue weighted by atomic mass is 16.1. The van der Waals surface area contributed by atoms with Gasteiger partial charge in [0.15, 0.2) is 0 Å². The summed E-state index contributed by atoms with van der Waals surface area (Å²) in [5.41, 5.74) is 7.32. The smallest absolute Gasteiger partial charge is 0.263 e. The molecule has 1 aromatic heterocycles. The minimum atomic E-state index is 0.0843. The number of unbranched alkanes of at least 4 members (excludes halogenated alkanes) is 5. The molecule has 1 saturated heterocycles. The number of piperidine rings is 1. The van der Waals surface area contributed by atoms with Gasteiger partial charge in [0.2, 0.25) is 0 Å². The van der Waals surface area contributed by atoms with E-state index >= 15 is 0 Å². The van der Waals surface area contributed by atoms with Crippen LogP contribution in [-0.4, -0.2) is 35.7 Å². The average Bonchev–Trinajstić information content (AvgIpc) is 2.70. The molecule has 0 radical (unpaired) electrons. The first-order valence-electron chi connectivity index (χ1n) is 10.9. The van der Waals surface area contributed by atoms with Crippen LogP contribution in [0.25, 0.3) is 10.9 Å². The SMILES string of the molecule is Cc1nc2cccc(NCCCCCCCCN)c2c(=O)n1C1CCCNC1. The number of anilines is 1. The summed E-state index contributed by atoms with van der Waals surface area (Å²) in [6.07, 6.45) is 9.31. The zero-order chi connectivity index (χ0) is 19.8. The standard InChI is InChI=1S/C22H35N5O/c1-17-26-20-12-8-11-19(25-15-7-5-3-2-4-6-13-23)21(20)22(28)27(17)18-10-9-14-24-16-18/h8,11-12,18,24-25H,2-7,9-10,13-16,23H2,1H3. The molecule has 3 rings (SSSR count). The Kier molecular flexibility index (Phi) is 7.86. The van der Waals surface area contributed by atoms with Gasteiger partial charge in [0, 0.05) is 18.8 Å². The van der Waals surface area contributed by atoms with Crippen molar-refractivity contribution in [2.45, 2.75) is 64.3 Å². The van der Waals surface area contributed by atoms with Gasteiger partial charge in [0.25, 0.3) is 5.56 Å². The molecule has 1 atom stereocenters. The van der Waals surface area contributed by atoms with E-state index in [9.17, 15) is 4.79 Å². The van der Waals surface area contributed by atoms with Crippen molar-refractivity contribution in [3.05, 3.63) is 34.4 Å². The van der Waals surface area contributed by atoms with Gasteiger partial charge in [-0.15, -0.1) is 0 Å². The van der Waals surface area contributed by atoms with Crippen LogP contribution >= 0.6 is 0 Å². The molecule has 1 fully saturated rings. The third-order valence-electron chi connectivity index (χ3n) is 5.69. The zero-order valence-electron chi connectivity index (χ0n) is 17.2. The summed E-state index contributed by atoms with van der Waals surface area (Å²) in [6, 6.07) is 6.12. The fourth-order valence-electron chi connectivity index (χ4n) is 4.18. The summed E-state index contributed by atoms with van der Waals surface area (Å²) < 4.78 is 1.90. The number of aromatic nitrogens is 2. The van der Waals surface area contributed by atoms with E-state index in [1.807, 2.05) is 29.7 Å². The average molecular weight is 386 g/mol. The van der Waals surface area contributed by atoms with Gasteiger partial charge in [-0.3, -0.25) is 9.36 Å². The third-order valence-corrected chi connectivity index (χ3v) is 5.69. The van der Waals surface area contributed by atoms with E-state index in [0.717, 1.165) is 74.3 Å². The Morgan fingerprint density at radius 1 is 1.21 bits per heavy atom. The van der Waals surface area contributed by atoms with E-state index in [1.54, 1.807) is 0 Å². The van der Waals surface area contributed by atoms with Gasteiger partial charge in [-0.05, 0) is 57.8 Å².